The maximum absolute atomic E-state index is 12.1. The molecule has 0 atom stereocenters. The number of carbonyl (C=O) groups is 1. The normalized spacial score (nSPS) is 15.7. The van der Waals surface area contributed by atoms with Crippen LogP contribution < -0.4 is 0 Å². The lowest BCUT2D eigenvalue weighted by Crippen LogP contribution is -2.49. The summed E-state index contributed by atoms with van der Waals surface area (Å²) in [6.07, 6.45) is 3.97. The van der Waals surface area contributed by atoms with E-state index >= 15 is 0 Å². The Bertz CT molecular complexity index is 654. The molecule has 3 heterocycles. The Morgan fingerprint density at radius 3 is 2.82 bits per heavy atom. The predicted molar refractivity (Wildman–Crippen MR) is 80.9 cm³/mol. The second-order valence-corrected chi connectivity index (χ2v) is 6.93. The molecule has 0 spiro atoms. The molecule has 0 radical (unpaired) electrons. The van der Waals surface area contributed by atoms with E-state index in [0.717, 1.165) is 5.56 Å². The van der Waals surface area contributed by atoms with Gasteiger partial charge in [-0.15, -0.1) is 0 Å². The molecule has 22 heavy (non-hydrogen) atoms. The molecular formula is C16H20N4O2. The van der Waals surface area contributed by atoms with Crippen molar-refractivity contribution in [3.05, 3.63) is 30.4 Å². The lowest BCUT2D eigenvalue weighted by molar-refractivity contribution is -0.137. The lowest BCUT2D eigenvalue weighted by Gasteiger charge is -2.38. The Balaban J connectivity index is 1.60. The van der Waals surface area contributed by atoms with E-state index in [1.807, 2.05) is 17.0 Å². The number of rotatable bonds is 3. The Labute approximate surface area is 129 Å². The molecule has 1 amide bonds. The third kappa shape index (κ3) is 3.16. The van der Waals surface area contributed by atoms with Crippen LogP contribution in [0.5, 0.6) is 0 Å². The molecule has 0 N–H and O–H groups in total. The van der Waals surface area contributed by atoms with E-state index in [4.69, 9.17) is 4.52 Å². The highest BCUT2D eigenvalue weighted by molar-refractivity contribution is 5.77. The van der Waals surface area contributed by atoms with Gasteiger partial charge in [-0.3, -0.25) is 9.78 Å². The number of carbonyl (C=O) groups excluding carboxylic acids is 1. The summed E-state index contributed by atoms with van der Waals surface area (Å²) in [5.41, 5.74) is 0.845. The van der Waals surface area contributed by atoms with Crippen LogP contribution in [0.3, 0.4) is 0 Å². The van der Waals surface area contributed by atoms with Crippen LogP contribution in [-0.4, -0.2) is 39.0 Å². The highest BCUT2D eigenvalue weighted by Gasteiger charge is 2.36. The third-order valence-corrected chi connectivity index (χ3v) is 3.63. The summed E-state index contributed by atoms with van der Waals surface area (Å²) in [5, 5.41) is 3.99. The SMILES string of the molecule is CC(C)(C)CC(=O)N1CC(c2nc(-c3cccnc3)no2)C1. The van der Waals surface area contributed by atoms with E-state index in [9.17, 15) is 4.79 Å². The minimum Gasteiger partial charge on any atom is -0.341 e. The van der Waals surface area contributed by atoms with Crippen LogP contribution in [0.1, 0.15) is 39.0 Å². The van der Waals surface area contributed by atoms with Gasteiger partial charge < -0.3 is 9.42 Å². The quantitative estimate of drug-likeness (QED) is 0.871. The van der Waals surface area contributed by atoms with Crippen molar-refractivity contribution >= 4 is 5.91 Å². The van der Waals surface area contributed by atoms with Crippen molar-refractivity contribution in [1.29, 1.82) is 0 Å². The van der Waals surface area contributed by atoms with Crippen LogP contribution in [0.25, 0.3) is 11.4 Å². The number of aromatic nitrogens is 3. The first-order valence-electron chi connectivity index (χ1n) is 7.44. The number of amides is 1. The zero-order chi connectivity index (χ0) is 15.7. The Morgan fingerprint density at radius 2 is 2.18 bits per heavy atom. The molecule has 116 valence electrons. The van der Waals surface area contributed by atoms with Gasteiger partial charge in [0.15, 0.2) is 0 Å². The molecule has 0 aromatic carbocycles. The van der Waals surface area contributed by atoms with E-state index in [2.05, 4.69) is 35.9 Å². The minimum absolute atomic E-state index is 0.0140. The zero-order valence-corrected chi connectivity index (χ0v) is 13.1. The zero-order valence-electron chi connectivity index (χ0n) is 13.1. The van der Waals surface area contributed by atoms with Crippen molar-refractivity contribution in [2.75, 3.05) is 13.1 Å². The van der Waals surface area contributed by atoms with Gasteiger partial charge in [0.05, 0.1) is 5.92 Å². The van der Waals surface area contributed by atoms with Crippen molar-refractivity contribution in [3.8, 4) is 11.4 Å². The van der Waals surface area contributed by atoms with Crippen molar-refractivity contribution in [3.63, 3.8) is 0 Å². The van der Waals surface area contributed by atoms with E-state index in [0.29, 0.717) is 31.2 Å². The van der Waals surface area contributed by atoms with Crippen LogP contribution in [-0.2, 0) is 4.79 Å². The van der Waals surface area contributed by atoms with Gasteiger partial charge in [0.2, 0.25) is 17.6 Å². The van der Waals surface area contributed by atoms with Crippen LogP contribution in [0.15, 0.2) is 29.0 Å². The molecule has 1 fully saturated rings. The van der Waals surface area contributed by atoms with Crippen molar-refractivity contribution in [1.82, 2.24) is 20.0 Å². The van der Waals surface area contributed by atoms with Gasteiger partial charge in [0, 0.05) is 37.5 Å². The number of hydrogen-bond acceptors (Lipinski definition) is 5. The summed E-state index contributed by atoms with van der Waals surface area (Å²) in [5.74, 6) is 1.47. The van der Waals surface area contributed by atoms with Gasteiger partial charge in [0.1, 0.15) is 0 Å². The fourth-order valence-electron chi connectivity index (χ4n) is 2.42. The molecule has 2 aromatic rings. The first-order chi connectivity index (χ1) is 10.4. The van der Waals surface area contributed by atoms with Gasteiger partial charge in [0.25, 0.3) is 0 Å². The molecule has 1 aliphatic rings. The molecule has 0 saturated carbocycles. The largest absolute Gasteiger partial charge is 0.341 e. The first kappa shape index (κ1) is 14.7. The number of nitrogens with zero attached hydrogens (tertiary/aromatic N) is 4. The highest BCUT2D eigenvalue weighted by atomic mass is 16.5. The summed E-state index contributed by atoms with van der Waals surface area (Å²) in [6.45, 7) is 7.52. The molecule has 3 rings (SSSR count). The first-order valence-corrected chi connectivity index (χ1v) is 7.44. The van der Waals surface area contributed by atoms with Gasteiger partial charge >= 0.3 is 0 Å². The molecule has 0 bridgehead atoms. The van der Waals surface area contributed by atoms with E-state index in [1.54, 1.807) is 12.4 Å². The standard InChI is InChI=1S/C16H20N4O2/c1-16(2,3)7-13(21)20-9-12(10-20)15-18-14(19-22-15)11-5-4-6-17-8-11/h4-6,8,12H,7,9-10H2,1-3H3. The number of pyridine rings is 1. The maximum atomic E-state index is 12.1. The molecule has 0 unspecified atom stereocenters. The van der Waals surface area contributed by atoms with E-state index < -0.39 is 0 Å². The molecular weight excluding hydrogens is 280 g/mol. The molecule has 6 heteroatoms. The molecule has 1 saturated heterocycles. The van der Waals surface area contributed by atoms with Crippen LogP contribution in [0, 0.1) is 5.41 Å². The van der Waals surface area contributed by atoms with Crippen LogP contribution in [0.2, 0.25) is 0 Å². The monoisotopic (exact) mass is 300 g/mol. The van der Waals surface area contributed by atoms with Gasteiger partial charge in [-0.2, -0.15) is 4.98 Å². The predicted octanol–water partition coefficient (Wildman–Crippen LogP) is 2.49. The van der Waals surface area contributed by atoms with E-state index in [1.165, 1.54) is 0 Å². The maximum Gasteiger partial charge on any atom is 0.233 e. The number of hydrogen-bond donors (Lipinski definition) is 0. The highest BCUT2D eigenvalue weighted by Crippen LogP contribution is 2.30. The molecule has 2 aromatic heterocycles. The van der Waals surface area contributed by atoms with Gasteiger partial charge in [-0.05, 0) is 17.5 Å². The summed E-state index contributed by atoms with van der Waals surface area (Å²) >= 11 is 0. The van der Waals surface area contributed by atoms with Gasteiger partial charge in [-0.25, -0.2) is 0 Å². The second-order valence-electron chi connectivity index (χ2n) is 6.93. The summed E-state index contributed by atoms with van der Waals surface area (Å²) in [4.78, 5) is 22.4. The van der Waals surface area contributed by atoms with Crippen molar-refractivity contribution in [2.24, 2.45) is 5.41 Å². The van der Waals surface area contributed by atoms with Crippen LogP contribution in [0.4, 0.5) is 0 Å². The number of likely N-dealkylation sites (tertiary alicyclic amines) is 1. The average Bonchev–Trinajstić information content (AvgIpc) is 2.85. The van der Waals surface area contributed by atoms with Crippen molar-refractivity contribution in [2.45, 2.75) is 33.1 Å². The Hall–Kier alpha value is -2.24. The lowest BCUT2D eigenvalue weighted by atomic mass is 9.90. The Kier molecular flexibility index (Phi) is 3.68. The summed E-state index contributed by atoms with van der Waals surface area (Å²) in [7, 11) is 0. The average molecular weight is 300 g/mol. The fraction of sp³-hybridized carbons (Fsp3) is 0.500. The third-order valence-electron chi connectivity index (χ3n) is 3.63. The van der Waals surface area contributed by atoms with E-state index in [-0.39, 0.29) is 17.2 Å². The minimum atomic E-state index is 0.0140. The summed E-state index contributed by atoms with van der Waals surface area (Å²) < 4.78 is 5.33. The van der Waals surface area contributed by atoms with Gasteiger partial charge in [-0.1, -0.05) is 25.9 Å². The Morgan fingerprint density at radius 1 is 1.41 bits per heavy atom. The topological polar surface area (TPSA) is 72.1 Å². The second kappa shape index (κ2) is 5.51. The molecule has 6 nitrogen and oxygen atoms in total. The fourth-order valence-corrected chi connectivity index (χ4v) is 2.42. The molecule has 1 aliphatic heterocycles. The molecule has 0 aliphatic carbocycles. The van der Waals surface area contributed by atoms with Crippen molar-refractivity contribution < 1.29 is 9.32 Å². The summed E-state index contributed by atoms with van der Waals surface area (Å²) in [6, 6.07) is 3.73. The smallest absolute Gasteiger partial charge is 0.233 e. The van der Waals surface area contributed by atoms with Crippen LogP contribution >= 0.6 is 0 Å².